The van der Waals surface area contributed by atoms with Gasteiger partial charge in [0, 0.05) is 22.3 Å². The first kappa shape index (κ1) is 12.8. The van der Waals surface area contributed by atoms with Crippen molar-refractivity contribution in [1.82, 2.24) is 0 Å². The molecule has 1 aliphatic rings. The second-order valence-electron chi connectivity index (χ2n) is 6.09. The second kappa shape index (κ2) is 4.28. The van der Waals surface area contributed by atoms with Crippen LogP contribution in [-0.2, 0) is 0 Å². The van der Waals surface area contributed by atoms with Crippen molar-refractivity contribution in [2.45, 2.75) is 41.5 Å². The predicted molar refractivity (Wildman–Crippen MR) is 71.1 cm³/mol. The second-order valence-corrected chi connectivity index (χ2v) is 7.07. The quantitative estimate of drug-likeness (QED) is 0.619. The van der Waals surface area contributed by atoms with Crippen LogP contribution in [0.3, 0.4) is 0 Å². The van der Waals surface area contributed by atoms with Crippen LogP contribution in [0.25, 0.3) is 0 Å². The summed E-state index contributed by atoms with van der Waals surface area (Å²) in [5.74, 6) is 2.01. The molecule has 0 amide bonds. The molecule has 0 radical (unpaired) electrons. The van der Waals surface area contributed by atoms with Crippen LogP contribution in [0.15, 0.2) is 10.2 Å². The molecule has 0 saturated carbocycles. The fourth-order valence-electron chi connectivity index (χ4n) is 1.16. The Balaban J connectivity index is 2.91. The SMILES string of the molecule is CC(C)(C)C1=NN=C(C(C)(C)C)CSC1. The highest BCUT2D eigenvalue weighted by Gasteiger charge is 2.24. The van der Waals surface area contributed by atoms with E-state index in [0.717, 1.165) is 11.5 Å². The normalized spacial score (nSPS) is 19.3. The van der Waals surface area contributed by atoms with Crippen molar-refractivity contribution >= 4 is 23.2 Å². The summed E-state index contributed by atoms with van der Waals surface area (Å²) >= 11 is 1.92. The van der Waals surface area contributed by atoms with Gasteiger partial charge < -0.3 is 0 Å². The molecule has 2 nitrogen and oxygen atoms in total. The van der Waals surface area contributed by atoms with Crippen LogP contribution in [-0.4, -0.2) is 22.9 Å². The molecule has 0 atom stereocenters. The predicted octanol–water partition coefficient (Wildman–Crippen LogP) is 3.62. The van der Waals surface area contributed by atoms with Crippen molar-refractivity contribution in [2.24, 2.45) is 21.0 Å². The maximum atomic E-state index is 4.43. The van der Waals surface area contributed by atoms with Gasteiger partial charge in [0.1, 0.15) is 0 Å². The lowest BCUT2D eigenvalue weighted by Gasteiger charge is -2.19. The molecule has 1 heterocycles. The van der Waals surface area contributed by atoms with Crippen LogP contribution in [0, 0.1) is 10.8 Å². The fraction of sp³-hybridized carbons (Fsp3) is 0.833. The molecule has 0 aromatic rings. The Morgan fingerprint density at radius 3 is 1.40 bits per heavy atom. The third-order valence-electron chi connectivity index (χ3n) is 2.50. The zero-order valence-corrected chi connectivity index (χ0v) is 11.5. The Morgan fingerprint density at radius 2 is 1.13 bits per heavy atom. The summed E-state index contributed by atoms with van der Waals surface area (Å²) in [7, 11) is 0. The summed E-state index contributed by atoms with van der Waals surface area (Å²) in [5, 5.41) is 8.85. The summed E-state index contributed by atoms with van der Waals surface area (Å²) in [4.78, 5) is 0. The topological polar surface area (TPSA) is 24.7 Å². The molecule has 0 N–H and O–H groups in total. The van der Waals surface area contributed by atoms with Gasteiger partial charge in [-0.05, 0) is 0 Å². The molecule has 0 aromatic heterocycles. The summed E-state index contributed by atoms with van der Waals surface area (Å²) in [6, 6.07) is 0. The summed E-state index contributed by atoms with van der Waals surface area (Å²) < 4.78 is 0. The van der Waals surface area contributed by atoms with Gasteiger partial charge in [-0.2, -0.15) is 10.2 Å². The van der Waals surface area contributed by atoms with Crippen LogP contribution in [0.2, 0.25) is 0 Å². The van der Waals surface area contributed by atoms with E-state index in [1.54, 1.807) is 0 Å². The monoisotopic (exact) mass is 226 g/mol. The largest absolute Gasteiger partial charge is 0.159 e. The lowest BCUT2D eigenvalue weighted by atomic mass is 9.91. The molecule has 0 aliphatic carbocycles. The molecule has 15 heavy (non-hydrogen) atoms. The lowest BCUT2D eigenvalue weighted by molar-refractivity contribution is 0.579. The minimum atomic E-state index is 0.143. The maximum absolute atomic E-state index is 4.43. The van der Waals surface area contributed by atoms with E-state index < -0.39 is 0 Å². The van der Waals surface area contributed by atoms with E-state index in [0.29, 0.717) is 0 Å². The first-order valence-corrected chi connectivity index (χ1v) is 6.59. The van der Waals surface area contributed by atoms with Crippen LogP contribution >= 0.6 is 11.8 Å². The Hall–Kier alpha value is -0.310. The Kier molecular flexibility index (Phi) is 3.64. The number of hydrogen-bond donors (Lipinski definition) is 0. The highest BCUT2D eigenvalue weighted by molar-refractivity contribution is 8.00. The molecule has 0 saturated heterocycles. The molecule has 0 aromatic carbocycles. The smallest absolute Gasteiger partial charge is 0.0558 e. The van der Waals surface area contributed by atoms with Gasteiger partial charge in [-0.25, -0.2) is 0 Å². The third-order valence-corrected chi connectivity index (χ3v) is 3.46. The molecule has 3 heteroatoms. The van der Waals surface area contributed by atoms with Crippen molar-refractivity contribution < 1.29 is 0 Å². The molecular weight excluding hydrogens is 204 g/mol. The van der Waals surface area contributed by atoms with Crippen molar-refractivity contribution in [2.75, 3.05) is 11.5 Å². The van der Waals surface area contributed by atoms with E-state index in [9.17, 15) is 0 Å². The highest BCUT2D eigenvalue weighted by Crippen LogP contribution is 2.26. The third kappa shape index (κ3) is 3.63. The van der Waals surface area contributed by atoms with E-state index in [-0.39, 0.29) is 10.8 Å². The van der Waals surface area contributed by atoms with Gasteiger partial charge in [0.25, 0.3) is 0 Å². The average Bonchev–Trinajstić information content (AvgIpc) is 2.24. The zero-order valence-electron chi connectivity index (χ0n) is 10.7. The van der Waals surface area contributed by atoms with Gasteiger partial charge in [0.15, 0.2) is 0 Å². The van der Waals surface area contributed by atoms with Gasteiger partial charge in [-0.3, -0.25) is 0 Å². The Morgan fingerprint density at radius 1 is 0.800 bits per heavy atom. The molecular formula is C12H22N2S. The molecule has 0 spiro atoms. The van der Waals surface area contributed by atoms with Crippen molar-refractivity contribution in [3.05, 3.63) is 0 Å². The van der Waals surface area contributed by atoms with Crippen molar-refractivity contribution in [1.29, 1.82) is 0 Å². The fourth-order valence-corrected chi connectivity index (χ4v) is 2.63. The Bertz CT molecular complexity index is 260. The van der Waals surface area contributed by atoms with Gasteiger partial charge in [-0.1, -0.05) is 41.5 Å². The van der Waals surface area contributed by atoms with Gasteiger partial charge in [0.05, 0.1) is 11.4 Å². The molecule has 0 unspecified atom stereocenters. The first-order valence-electron chi connectivity index (χ1n) is 5.43. The van der Waals surface area contributed by atoms with E-state index in [2.05, 4.69) is 51.7 Å². The van der Waals surface area contributed by atoms with Crippen molar-refractivity contribution in [3.63, 3.8) is 0 Å². The number of nitrogens with zero attached hydrogens (tertiary/aromatic N) is 2. The molecule has 1 aliphatic heterocycles. The van der Waals surface area contributed by atoms with E-state index in [1.807, 2.05) is 11.8 Å². The van der Waals surface area contributed by atoms with Crippen LogP contribution < -0.4 is 0 Å². The number of rotatable bonds is 0. The van der Waals surface area contributed by atoms with Crippen molar-refractivity contribution in [3.8, 4) is 0 Å². The molecule has 1 rings (SSSR count). The maximum Gasteiger partial charge on any atom is 0.0558 e. The van der Waals surface area contributed by atoms with Gasteiger partial charge in [0.2, 0.25) is 0 Å². The zero-order chi connectivity index (χ0) is 11.7. The molecule has 86 valence electrons. The van der Waals surface area contributed by atoms with Gasteiger partial charge in [-0.15, -0.1) is 11.8 Å². The first-order chi connectivity index (χ1) is 6.71. The van der Waals surface area contributed by atoms with Crippen LogP contribution in [0.4, 0.5) is 0 Å². The number of hydrogen-bond acceptors (Lipinski definition) is 3. The number of thioether (sulfide) groups is 1. The van der Waals surface area contributed by atoms with Crippen LogP contribution in [0.1, 0.15) is 41.5 Å². The van der Waals surface area contributed by atoms with E-state index in [1.165, 1.54) is 11.4 Å². The standard InChI is InChI=1S/C12H22N2S/c1-11(2,3)9-7-15-8-10(14-13-9)12(4,5)6/h7-8H2,1-6H3. The molecule has 0 bridgehead atoms. The minimum absolute atomic E-state index is 0.143. The summed E-state index contributed by atoms with van der Waals surface area (Å²) in [6.07, 6.45) is 0. The lowest BCUT2D eigenvalue weighted by Crippen LogP contribution is -2.22. The van der Waals surface area contributed by atoms with E-state index >= 15 is 0 Å². The van der Waals surface area contributed by atoms with E-state index in [4.69, 9.17) is 0 Å². The van der Waals surface area contributed by atoms with Crippen LogP contribution in [0.5, 0.6) is 0 Å². The average molecular weight is 226 g/mol. The highest BCUT2D eigenvalue weighted by atomic mass is 32.2. The summed E-state index contributed by atoms with van der Waals surface area (Å²) in [6.45, 7) is 13.2. The molecule has 0 fully saturated rings. The summed E-state index contributed by atoms with van der Waals surface area (Å²) in [5.41, 5.74) is 2.69. The Labute approximate surface area is 97.6 Å². The minimum Gasteiger partial charge on any atom is -0.159 e. The van der Waals surface area contributed by atoms with Gasteiger partial charge >= 0.3 is 0 Å².